The Balaban J connectivity index is 2.84. The first kappa shape index (κ1) is 11.0. The van der Waals surface area contributed by atoms with E-state index in [4.69, 9.17) is 21.1 Å². The number of aryl methyl sites for hydroxylation is 1. The van der Waals surface area contributed by atoms with Gasteiger partial charge in [-0.3, -0.25) is 4.98 Å². The Hall–Kier alpha value is -1.48. The Kier molecular flexibility index (Phi) is 2.88. The van der Waals surface area contributed by atoms with E-state index in [1.165, 1.54) is 0 Å². The lowest BCUT2D eigenvalue weighted by Gasteiger charge is -2.10. The summed E-state index contributed by atoms with van der Waals surface area (Å²) >= 11 is 6.24. The van der Waals surface area contributed by atoms with Crippen LogP contribution in [0, 0.1) is 6.92 Å². The van der Waals surface area contributed by atoms with Crippen LogP contribution in [0.5, 0.6) is 11.5 Å². The molecule has 0 saturated carbocycles. The molecule has 0 radical (unpaired) electrons. The average Bonchev–Trinajstić information content (AvgIpc) is 2.32. The van der Waals surface area contributed by atoms with Crippen molar-refractivity contribution < 1.29 is 9.47 Å². The predicted octanol–water partition coefficient (Wildman–Crippen LogP) is 3.21. The number of pyridine rings is 1. The predicted molar refractivity (Wildman–Crippen MR) is 64.6 cm³/mol. The van der Waals surface area contributed by atoms with Gasteiger partial charge in [0.05, 0.1) is 30.1 Å². The highest BCUT2D eigenvalue weighted by Gasteiger charge is 2.11. The minimum Gasteiger partial charge on any atom is -0.497 e. The van der Waals surface area contributed by atoms with E-state index >= 15 is 0 Å². The van der Waals surface area contributed by atoms with E-state index in [0.29, 0.717) is 16.5 Å². The Labute approximate surface area is 99.0 Å². The van der Waals surface area contributed by atoms with Gasteiger partial charge in [-0.15, -0.1) is 0 Å². The molecular weight excluding hydrogens is 226 g/mol. The maximum absolute atomic E-state index is 6.24. The maximum Gasteiger partial charge on any atom is 0.133 e. The second kappa shape index (κ2) is 4.18. The molecular formula is C12H12ClNO2. The van der Waals surface area contributed by atoms with Gasteiger partial charge in [-0.2, -0.15) is 0 Å². The van der Waals surface area contributed by atoms with Crippen molar-refractivity contribution >= 4 is 22.5 Å². The molecule has 0 saturated heterocycles. The fourth-order valence-electron chi connectivity index (χ4n) is 1.60. The molecule has 1 aromatic heterocycles. The molecule has 4 heteroatoms. The highest BCUT2D eigenvalue weighted by atomic mass is 35.5. The molecule has 0 aliphatic rings. The van der Waals surface area contributed by atoms with Crippen LogP contribution >= 0.6 is 11.6 Å². The average molecular weight is 238 g/mol. The van der Waals surface area contributed by atoms with E-state index in [2.05, 4.69) is 4.98 Å². The molecule has 84 valence electrons. The van der Waals surface area contributed by atoms with E-state index in [9.17, 15) is 0 Å². The van der Waals surface area contributed by atoms with Crippen molar-refractivity contribution in [2.24, 2.45) is 0 Å². The Bertz CT molecular complexity index is 540. The normalized spacial score (nSPS) is 10.5. The van der Waals surface area contributed by atoms with Gasteiger partial charge in [0.1, 0.15) is 11.5 Å². The molecule has 0 unspecified atom stereocenters. The third kappa shape index (κ3) is 1.67. The third-order valence-corrected chi connectivity index (χ3v) is 2.96. The van der Waals surface area contributed by atoms with Gasteiger partial charge < -0.3 is 9.47 Å². The standard InChI is InChI=1S/C12H12ClNO2/c1-7-6-14-9-4-8(15-2)5-10(16-3)11(9)12(7)13/h4-6H,1-3H3. The molecule has 0 fully saturated rings. The summed E-state index contributed by atoms with van der Waals surface area (Å²) < 4.78 is 10.5. The third-order valence-electron chi connectivity index (χ3n) is 2.47. The fourth-order valence-corrected chi connectivity index (χ4v) is 1.84. The molecule has 0 N–H and O–H groups in total. The maximum atomic E-state index is 6.24. The summed E-state index contributed by atoms with van der Waals surface area (Å²) in [4.78, 5) is 4.31. The molecule has 1 aromatic carbocycles. The van der Waals surface area contributed by atoms with Crippen LogP contribution in [0.2, 0.25) is 5.02 Å². The van der Waals surface area contributed by atoms with Crippen LogP contribution in [0.3, 0.4) is 0 Å². The van der Waals surface area contributed by atoms with Crippen molar-refractivity contribution in [1.82, 2.24) is 4.98 Å². The van der Waals surface area contributed by atoms with Gasteiger partial charge >= 0.3 is 0 Å². The summed E-state index contributed by atoms with van der Waals surface area (Å²) in [6, 6.07) is 3.64. The topological polar surface area (TPSA) is 31.4 Å². The summed E-state index contributed by atoms with van der Waals surface area (Å²) in [5.74, 6) is 1.38. The Morgan fingerprint density at radius 1 is 1.19 bits per heavy atom. The van der Waals surface area contributed by atoms with Crippen LogP contribution in [0.15, 0.2) is 18.3 Å². The van der Waals surface area contributed by atoms with Crippen LogP contribution in [-0.4, -0.2) is 19.2 Å². The lowest BCUT2D eigenvalue weighted by Crippen LogP contribution is -1.92. The molecule has 0 atom stereocenters. The molecule has 2 rings (SSSR count). The lowest BCUT2D eigenvalue weighted by atomic mass is 10.1. The molecule has 16 heavy (non-hydrogen) atoms. The van der Waals surface area contributed by atoms with Gasteiger partial charge in [-0.05, 0) is 12.5 Å². The first-order valence-electron chi connectivity index (χ1n) is 4.84. The summed E-state index contributed by atoms with van der Waals surface area (Å²) in [5, 5.41) is 1.49. The number of nitrogens with zero attached hydrogens (tertiary/aromatic N) is 1. The van der Waals surface area contributed by atoms with Gasteiger partial charge in [-0.1, -0.05) is 11.6 Å². The molecule has 3 nitrogen and oxygen atoms in total. The van der Waals surface area contributed by atoms with E-state index in [1.807, 2.05) is 13.0 Å². The van der Waals surface area contributed by atoms with E-state index in [-0.39, 0.29) is 0 Å². The largest absolute Gasteiger partial charge is 0.497 e. The number of fused-ring (bicyclic) bond motifs is 1. The van der Waals surface area contributed by atoms with Crippen LogP contribution < -0.4 is 9.47 Å². The zero-order valence-corrected chi connectivity index (χ0v) is 10.1. The lowest BCUT2D eigenvalue weighted by molar-refractivity contribution is 0.398. The molecule has 0 aliphatic carbocycles. The van der Waals surface area contributed by atoms with Gasteiger partial charge in [-0.25, -0.2) is 0 Å². The van der Waals surface area contributed by atoms with Crippen molar-refractivity contribution in [1.29, 1.82) is 0 Å². The summed E-state index contributed by atoms with van der Waals surface area (Å²) in [6.07, 6.45) is 1.74. The first-order valence-corrected chi connectivity index (χ1v) is 5.22. The monoisotopic (exact) mass is 237 g/mol. The first-order chi connectivity index (χ1) is 7.67. The molecule has 1 heterocycles. The quantitative estimate of drug-likeness (QED) is 0.804. The number of hydrogen-bond acceptors (Lipinski definition) is 3. The molecule has 0 amide bonds. The van der Waals surface area contributed by atoms with E-state index in [0.717, 1.165) is 16.5 Å². The zero-order valence-electron chi connectivity index (χ0n) is 9.37. The van der Waals surface area contributed by atoms with E-state index in [1.54, 1.807) is 26.5 Å². The zero-order chi connectivity index (χ0) is 11.7. The molecule has 2 aromatic rings. The van der Waals surface area contributed by atoms with Gasteiger partial charge in [0.25, 0.3) is 0 Å². The molecule has 0 spiro atoms. The highest BCUT2D eigenvalue weighted by molar-refractivity contribution is 6.36. The summed E-state index contributed by atoms with van der Waals surface area (Å²) in [5.41, 5.74) is 1.70. The van der Waals surface area contributed by atoms with Crippen LogP contribution in [0.1, 0.15) is 5.56 Å². The second-order valence-electron chi connectivity index (χ2n) is 3.48. The van der Waals surface area contributed by atoms with Crippen LogP contribution in [0.4, 0.5) is 0 Å². The van der Waals surface area contributed by atoms with Gasteiger partial charge in [0, 0.05) is 18.3 Å². The van der Waals surface area contributed by atoms with Crippen molar-refractivity contribution in [2.45, 2.75) is 6.92 Å². The number of aromatic nitrogens is 1. The van der Waals surface area contributed by atoms with Crippen molar-refractivity contribution in [3.63, 3.8) is 0 Å². The van der Waals surface area contributed by atoms with Crippen LogP contribution in [-0.2, 0) is 0 Å². The number of benzene rings is 1. The number of ether oxygens (including phenoxy) is 2. The van der Waals surface area contributed by atoms with Gasteiger partial charge in [0.2, 0.25) is 0 Å². The smallest absolute Gasteiger partial charge is 0.133 e. The minimum absolute atomic E-state index is 0.671. The molecule has 0 bridgehead atoms. The summed E-state index contributed by atoms with van der Waals surface area (Å²) in [6.45, 7) is 1.92. The summed E-state index contributed by atoms with van der Waals surface area (Å²) in [7, 11) is 3.21. The molecule has 0 aliphatic heterocycles. The van der Waals surface area contributed by atoms with Crippen molar-refractivity contribution in [2.75, 3.05) is 14.2 Å². The number of hydrogen-bond donors (Lipinski definition) is 0. The van der Waals surface area contributed by atoms with Crippen molar-refractivity contribution in [3.05, 3.63) is 28.9 Å². The SMILES string of the molecule is COc1cc(OC)c2c(Cl)c(C)cnc2c1. The Morgan fingerprint density at radius 2 is 1.94 bits per heavy atom. The number of rotatable bonds is 2. The van der Waals surface area contributed by atoms with E-state index < -0.39 is 0 Å². The Morgan fingerprint density at radius 3 is 2.56 bits per heavy atom. The minimum atomic E-state index is 0.671. The second-order valence-corrected chi connectivity index (χ2v) is 3.86. The highest BCUT2D eigenvalue weighted by Crippen LogP contribution is 2.36. The fraction of sp³-hybridized carbons (Fsp3) is 0.250. The number of halogens is 1. The van der Waals surface area contributed by atoms with Crippen molar-refractivity contribution in [3.8, 4) is 11.5 Å². The van der Waals surface area contributed by atoms with Gasteiger partial charge in [0.15, 0.2) is 0 Å². The number of methoxy groups -OCH3 is 2. The van der Waals surface area contributed by atoms with Crippen LogP contribution in [0.25, 0.3) is 10.9 Å².